The first-order valence-electron chi connectivity index (χ1n) is 7.80. The number of hydrogen-bond donors (Lipinski definition) is 1. The molecule has 0 radical (unpaired) electrons. The Balaban J connectivity index is 1.96. The Hall–Kier alpha value is -1.56. The second-order valence-corrected chi connectivity index (χ2v) is 6.97. The Morgan fingerprint density at radius 2 is 1.87 bits per heavy atom. The van der Waals surface area contributed by atoms with Gasteiger partial charge in [-0.15, -0.1) is 0 Å². The third-order valence-electron chi connectivity index (χ3n) is 3.61. The van der Waals surface area contributed by atoms with Crippen molar-refractivity contribution < 1.29 is 9.53 Å². The van der Waals surface area contributed by atoms with E-state index in [-0.39, 0.29) is 12.5 Å². The fourth-order valence-electron chi connectivity index (χ4n) is 2.28. The molecule has 0 aliphatic heterocycles. The topological polar surface area (TPSA) is 38.3 Å². The van der Waals surface area contributed by atoms with E-state index in [1.54, 1.807) is 0 Å². The summed E-state index contributed by atoms with van der Waals surface area (Å²) in [4.78, 5) is 12.1. The minimum absolute atomic E-state index is 0.00892. The van der Waals surface area contributed by atoms with Gasteiger partial charge in [0.1, 0.15) is 5.75 Å². The normalized spacial score (nSPS) is 10.7. The largest absolute Gasteiger partial charge is 0.484 e. The SMILES string of the molecule is CCc1ccc(OCC(=O)Nc2ccc(I)cc2C(C)C)cc1. The van der Waals surface area contributed by atoms with E-state index < -0.39 is 0 Å². The first kappa shape index (κ1) is 17.8. The van der Waals surface area contributed by atoms with Crippen LogP contribution in [0.25, 0.3) is 0 Å². The fourth-order valence-corrected chi connectivity index (χ4v) is 2.80. The van der Waals surface area contributed by atoms with Crippen LogP contribution in [0.4, 0.5) is 5.69 Å². The maximum absolute atomic E-state index is 12.1. The standard InChI is InChI=1S/C19H22INO2/c1-4-14-5-8-16(9-6-14)23-12-19(22)21-18-10-7-15(20)11-17(18)13(2)3/h5-11,13H,4,12H2,1-3H3,(H,21,22). The van der Waals surface area contributed by atoms with E-state index in [2.05, 4.69) is 54.7 Å². The number of carbonyl (C=O) groups excluding carboxylic acids is 1. The number of rotatable bonds is 6. The zero-order chi connectivity index (χ0) is 16.8. The van der Waals surface area contributed by atoms with Gasteiger partial charge in [-0.05, 0) is 76.4 Å². The third-order valence-corrected chi connectivity index (χ3v) is 4.28. The van der Waals surface area contributed by atoms with Crippen molar-refractivity contribution in [3.05, 3.63) is 57.2 Å². The molecule has 2 rings (SSSR count). The van der Waals surface area contributed by atoms with Gasteiger partial charge in [0.15, 0.2) is 6.61 Å². The predicted octanol–water partition coefficient (Wildman–Crippen LogP) is 4.99. The van der Waals surface area contributed by atoms with Crippen LogP contribution in [-0.4, -0.2) is 12.5 Å². The minimum Gasteiger partial charge on any atom is -0.484 e. The van der Waals surface area contributed by atoms with E-state index >= 15 is 0 Å². The highest BCUT2D eigenvalue weighted by Gasteiger charge is 2.11. The van der Waals surface area contributed by atoms with Gasteiger partial charge in [-0.2, -0.15) is 0 Å². The van der Waals surface area contributed by atoms with Gasteiger partial charge in [-0.25, -0.2) is 0 Å². The van der Waals surface area contributed by atoms with Crippen molar-refractivity contribution in [3.63, 3.8) is 0 Å². The highest BCUT2D eigenvalue weighted by Crippen LogP contribution is 2.26. The van der Waals surface area contributed by atoms with Crippen LogP contribution < -0.4 is 10.1 Å². The monoisotopic (exact) mass is 423 g/mol. The number of anilines is 1. The molecular weight excluding hydrogens is 401 g/mol. The second-order valence-electron chi connectivity index (χ2n) is 5.72. The molecule has 122 valence electrons. The van der Waals surface area contributed by atoms with Crippen LogP contribution in [0.15, 0.2) is 42.5 Å². The molecule has 4 heteroatoms. The van der Waals surface area contributed by atoms with Crippen molar-refractivity contribution >= 4 is 34.2 Å². The second kappa shape index (κ2) is 8.34. The van der Waals surface area contributed by atoms with Crippen molar-refractivity contribution in [1.82, 2.24) is 0 Å². The number of ether oxygens (including phenoxy) is 1. The van der Waals surface area contributed by atoms with Crippen LogP contribution in [0.2, 0.25) is 0 Å². The number of amides is 1. The molecule has 23 heavy (non-hydrogen) atoms. The van der Waals surface area contributed by atoms with Crippen LogP contribution in [0.3, 0.4) is 0 Å². The van der Waals surface area contributed by atoms with Crippen LogP contribution in [0.1, 0.15) is 37.8 Å². The molecule has 1 amide bonds. The lowest BCUT2D eigenvalue weighted by molar-refractivity contribution is -0.118. The summed E-state index contributed by atoms with van der Waals surface area (Å²) in [5.41, 5.74) is 3.25. The minimum atomic E-state index is -0.146. The zero-order valence-corrected chi connectivity index (χ0v) is 15.9. The number of halogens is 1. The van der Waals surface area contributed by atoms with Crippen LogP contribution in [-0.2, 0) is 11.2 Å². The Labute approximate surface area is 151 Å². The highest BCUT2D eigenvalue weighted by molar-refractivity contribution is 14.1. The van der Waals surface area contributed by atoms with Crippen molar-refractivity contribution in [3.8, 4) is 5.75 Å². The summed E-state index contributed by atoms with van der Waals surface area (Å²) in [6.07, 6.45) is 0.992. The van der Waals surface area contributed by atoms with E-state index in [1.165, 1.54) is 5.56 Å². The molecule has 0 heterocycles. The van der Waals surface area contributed by atoms with Crippen molar-refractivity contribution in [2.24, 2.45) is 0 Å². The molecule has 0 saturated heterocycles. The lowest BCUT2D eigenvalue weighted by Crippen LogP contribution is -2.21. The summed E-state index contributed by atoms with van der Waals surface area (Å²) < 4.78 is 6.71. The number of benzene rings is 2. The number of carbonyl (C=O) groups is 1. The van der Waals surface area contributed by atoms with Gasteiger partial charge in [0, 0.05) is 9.26 Å². The van der Waals surface area contributed by atoms with Crippen molar-refractivity contribution in [1.29, 1.82) is 0 Å². The molecule has 0 unspecified atom stereocenters. The Kier molecular flexibility index (Phi) is 6.45. The van der Waals surface area contributed by atoms with Crippen LogP contribution in [0, 0.1) is 3.57 Å². The predicted molar refractivity (Wildman–Crippen MR) is 103 cm³/mol. The molecule has 0 aliphatic carbocycles. The molecule has 1 N–H and O–H groups in total. The lowest BCUT2D eigenvalue weighted by Gasteiger charge is -2.14. The summed E-state index contributed by atoms with van der Waals surface area (Å²) in [7, 11) is 0. The average Bonchev–Trinajstić information content (AvgIpc) is 2.55. The van der Waals surface area contributed by atoms with Gasteiger partial charge in [-0.1, -0.05) is 32.9 Å². The van der Waals surface area contributed by atoms with E-state index in [0.717, 1.165) is 21.2 Å². The maximum atomic E-state index is 12.1. The molecule has 0 aromatic heterocycles. The highest BCUT2D eigenvalue weighted by atomic mass is 127. The van der Waals surface area contributed by atoms with Crippen molar-refractivity contribution in [2.75, 3.05) is 11.9 Å². The lowest BCUT2D eigenvalue weighted by atomic mass is 10.0. The molecule has 0 saturated carbocycles. The molecule has 2 aromatic rings. The molecule has 0 spiro atoms. The van der Waals surface area contributed by atoms with E-state index in [4.69, 9.17) is 4.74 Å². The molecule has 0 aliphatic rings. The third kappa shape index (κ3) is 5.23. The molecule has 0 bridgehead atoms. The number of aryl methyl sites for hydroxylation is 1. The summed E-state index contributed by atoms with van der Waals surface area (Å²) >= 11 is 2.28. The molecule has 0 fully saturated rings. The fraction of sp³-hybridized carbons (Fsp3) is 0.316. The Morgan fingerprint density at radius 3 is 2.48 bits per heavy atom. The first-order valence-corrected chi connectivity index (χ1v) is 8.88. The maximum Gasteiger partial charge on any atom is 0.262 e. The van der Waals surface area contributed by atoms with Crippen LogP contribution >= 0.6 is 22.6 Å². The van der Waals surface area contributed by atoms with E-state index in [9.17, 15) is 4.79 Å². The van der Waals surface area contributed by atoms with Gasteiger partial charge < -0.3 is 10.1 Å². The molecule has 0 atom stereocenters. The summed E-state index contributed by atoms with van der Waals surface area (Å²) in [6, 6.07) is 13.9. The van der Waals surface area contributed by atoms with Crippen molar-refractivity contribution in [2.45, 2.75) is 33.1 Å². The quantitative estimate of drug-likeness (QED) is 0.665. The van der Waals surface area contributed by atoms with Gasteiger partial charge in [0.05, 0.1) is 0 Å². The Morgan fingerprint density at radius 1 is 1.17 bits per heavy atom. The average molecular weight is 423 g/mol. The smallest absolute Gasteiger partial charge is 0.262 e. The van der Waals surface area contributed by atoms with Gasteiger partial charge in [-0.3, -0.25) is 4.79 Å². The van der Waals surface area contributed by atoms with Gasteiger partial charge >= 0.3 is 0 Å². The molecule has 2 aromatic carbocycles. The van der Waals surface area contributed by atoms with E-state index in [1.807, 2.05) is 36.4 Å². The van der Waals surface area contributed by atoms with Crippen LogP contribution in [0.5, 0.6) is 5.75 Å². The van der Waals surface area contributed by atoms with Gasteiger partial charge in [0.25, 0.3) is 5.91 Å². The zero-order valence-electron chi connectivity index (χ0n) is 13.7. The summed E-state index contributed by atoms with van der Waals surface area (Å²) in [6.45, 7) is 6.35. The number of hydrogen-bond acceptors (Lipinski definition) is 2. The van der Waals surface area contributed by atoms with E-state index in [0.29, 0.717) is 11.7 Å². The summed E-state index contributed by atoms with van der Waals surface area (Å²) in [5, 5.41) is 2.94. The first-order chi connectivity index (χ1) is 11.0. The summed E-state index contributed by atoms with van der Waals surface area (Å²) in [5.74, 6) is 0.916. The number of nitrogens with one attached hydrogen (secondary N) is 1. The Bertz CT molecular complexity index is 666. The molecular formula is C19H22INO2. The van der Waals surface area contributed by atoms with Gasteiger partial charge in [0.2, 0.25) is 0 Å². The molecule has 3 nitrogen and oxygen atoms in total.